The monoisotopic (exact) mass is 273 g/mol. The minimum Gasteiger partial charge on any atom is -0.399 e. The zero-order chi connectivity index (χ0) is 13.7. The van der Waals surface area contributed by atoms with Crippen LogP contribution < -0.4 is 11.1 Å². The molecule has 1 amide bonds. The standard InChI is InChI=1S/C14H12ClN3O/c15-12-6-7-17-9-13(12)18-14(19)5-4-10-2-1-3-11(16)8-10/h1-9H,16H2,(H,18,19)/b5-4+. The van der Waals surface area contributed by atoms with E-state index in [2.05, 4.69) is 10.3 Å². The Bertz CT molecular complexity index is 626. The predicted molar refractivity (Wildman–Crippen MR) is 77.8 cm³/mol. The van der Waals surface area contributed by atoms with E-state index in [1.807, 2.05) is 12.1 Å². The lowest BCUT2D eigenvalue weighted by Crippen LogP contribution is -2.08. The van der Waals surface area contributed by atoms with E-state index >= 15 is 0 Å². The maximum atomic E-state index is 11.7. The summed E-state index contributed by atoms with van der Waals surface area (Å²) >= 11 is 5.91. The van der Waals surface area contributed by atoms with Gasteiger partial charge in [0.05, 0.1) is 16.9 Å². The fourth-order valence-corrected chi connectivity index (χ4v) is 1.63. The first-order valence-electron chi connectivity index (χ1n) is 5.59. The largest absolute Gasteiger partial charge is 0.399 e. The fourth-order valence-electron chi connectivity index (χ4n) is 1.48. The molecule has 0 aliphatic heterocycles. The van der Waals surface area contributed by atoms with E-state index in [0.29, 0.717) is 16.4 Å². The van der Waals surface area contributed by atoms with Crippen LogP contribution in [-0.2, 0) is 4.79 Å². The first kappa shape index (κ1) is 13.1. The third kappa shape index (κ3) is 3.82. The molecular formula is C14H12ClN3O. The van der Waals surface area contributed by atoms with Crippen LogP contribution in [0.15, 0.2) is 48.8 Å². The average molecular weight is 274 g/mol. The van der Waals surface area contributed by atoms with Gasteiger partial charge in [-0.05, 0) is 29.8 Å². The lowest BCUT2D eigenvalue weighted by atomic mass is 10.2. The average Bonchev–Trinajstić information content (AvgIpc) is 2.39. The second-order valence-electron chi connectivity index (χ2n) is 3.85. The lowest BCUT2D eigenvalue weighted by molar-refractivity contribution is -0.111. The van der Waals surface area contributed by atoms with Gasteiger partial charge >= 0.3 is 0 Å². The van der Waals surface area contributed by atoms with Gasteiger partial charge in [0.1, 0.15) is 0 Å². The molecule has 19 heavy (non-hydrogen) atoms. The molecule has 0 saturated heterocycles. The third-order valence-corrected chi connectivity index (χ3v) is 2.69. The van der Waals surface area contributed by atoms with Crippen molar-refractivity contribution in [1.29, 1.82) is 0 Å². The zero-order valence-electron chi connectivity index (χ0n) is 10.0. The summed E-state index contributed by atoms with van der Waals surface area (Å²) in [6, 6.07) is 8.86. The molecule has 1 aromatic carbocycles. The molecule has 0 aliphatic carbocycles. The number of carbonyl (C=O) groups excluding carboxylic acids is 1. The van der Waals surface area contributed by atoms with Crippen molar-refractivity contribution in [2.75, 3.05) is 11.1 Å². The Morgan fingerprint density at radius 2 is 2.21 bits per heavy atom. The van der Waals surface area contributed by atoms with Crippen LogP contribution in [0.4, 0.5) is 11.4 Å². The van der Waals surface area contributed by atoms with Gasteiger partial charge < -0.3 is 11.1 Å². The Hall–Kier alpha value is -2.33. The zero-order valence-corrected chi connectivity index (χ0v) is 10.8. The minimum atomic E-state index is -0.280. The third-order valence-electron chi connectivity index (χ3n) is 2.36. The molecule has 0 unspecified atom stereocenters. The van der Waals surface area contributed by atoms with Gasteiger partial charge in [-0.15, -0.1) is 0 Å². The summed E-state index contributed by atoms with van der Waals surface area (Å²) in [4.78, 5) is 15.6. The lowest BCUT2D eigenvalue weighted by Gasteiger charge is -2.03. The second kappa shape index (κ2) is 6.02. The van der Waals surface area contributed by atoms with Crippen molar-refractivity contribution in [3.8, 4) is 0 Å². The highest BCUT2D eigenvalue weighted by Gasteiger charge is 2.02. The Kier molecular flexibility index (Phi) is 4.15. The van der Waals surface area contributed by atoms with Crippen molar-refractivity contribution in [3.63, 3.8) is 0 Å². The summed E-state index contributed by atoms with van der Waals surface area (Å²) in [6.07, 6.45) is 6.14. The molecule has 0 fully saturated rings. The Labute approximate surface area is 115 Å². The van der Waals surface area contributed by atoms with E-state index in [4.69, 9.17) is 17.3 Å². The van der Waals surface area contributed by atoms with Crippen molar-refractivity contribution in [2.24, 2.45) is 0 Å². The number of benzene rings is 1. The number of hydrogen-bond donors (Lipinski definition) is 2. The van der Waals surface area contributed by atoms with Crippen molar-refractivity contribution in [1.82, 2.24) is 4.98 Å². The van der Waals surface area contributed by atoms with Crippen molar-refractivity contribution in [3.05, 3.63) is 59.4 Å². The van der Waals surface area contributed by atoms with Gasteiger partial charge in [-0.3, -0.25) is 9.78 Å². The molecule has 0 atom stereocenters. The molecule has 0 spiro atoms. The topological polar surface area (TPSA) is 68.0 Å². The van der Waals surface area contributed by atoms with E-state index in [9.17, 15) is 4.79 Å². The van der Waals surface area contributed by atoms with Gasteiger partial charge in [-0.1, -0.05) is 23.7 Å². The van der Waals surface area contributed by atoms with Crippen LogP contribution in [-0.4, -0.2) is 10.9 Å². The van der Waals surface area contributed by atoms with E-state index in [0.717, 1.165) is 5.56 Å². The molecule has 1 heterocycles. The summed E-state index contributed by atoms with van der Waals surface area (Å²) in [5.74, 6) is -0.280. The van der Waals surface area contributed by atoms with Crippen LogP contribution in [0.1, 0.15) is 5.56 Å². The van der Waals surface area contributed by atoms with Crippen LogP contribution in [0, 0.1) is 0 Å². The molecule has 0 aliphatic rings. The molecule has 2 aromatic rings. The number of pyridine rings is 1. The number of rotatable bonds is 3. The van der Waals surface area contributed by atoms with Crippen LogP contribution in [0.5, 0.6) is 0 Å². The summed E-state index contributed by atoms with van der Waals surface area (Å²) in [5, 5.41) is 3.09. The number of anilines is 2. The predicted octanol–water partition coefficient (Wildman–Crippen LogP) is 2.97. The van der Waals surface area contributed by atoms with Crippen LogP contribution in [0.25, 0.3) is 6.08 Å². The van der Waals surface area contributed by atoms with E-state index in [1.165, 1.54) is 12.3 Å². The Balaban J connectivity index is 2.04. The number of nitrogen functional groups attached to an aromatic ring is 1. The fraction of sp³-hybridized carbons (Fsp3) is 0. The van der Waals surface area contributed by atoms with E-state index in [-0.39, 0.29) is 5.91 Å². The molecule has 0 radical (unpaired) electrons. The maximum absolute atomic E-state index is 11.7. The minimum absolute atomic E-state index is 0.280. The normalized spacial score (nSPS) is 10.6. The van der Waals surface area contributed by atoms with Gasteiger partial charge in [-0.2, -0.15) is 0 Å². The SMILES string of the molecule is Nc1cccc(/C=C/C(=O)Nc2cnccc2Cl)c1. The first-order valence-corrected chi connectivity index (χ1v) is 5.97. The summed E-state index contributed by atoms with van der Waals surface area (Å²) < 4.78 is 0. The van der Waals surface area contributed by atoms with E-state index < -0.39 is 0 Å². The number of halogens is 1. The number of nitrogens with one attached hydrogen (secondary N) is 1. The second-order valence-corrected chi connectivity index (χ2v) is 4.26. The van der Waals surface area contributed by atoms with Crippen LogP contribution in [0.2, 0.25) is 5.02 Å². The smallest absolute Gasteiger partial charge is 0.248 e. The summed E-state index contributed by atoms with van der Waals surface area (Å²) in [5.41, 5.74) is 7.63. The van der Waals surface area contributed by atoms with Gasteiger partial charge in [0.25, 0.3) is 0 Å². The molecular weight excluding hydrogens is 262 g/mol. The number of aromatic nitrogens is 1. The van der Waals surface area contributed by atoms with Crippen LogP contribution in [0.3, 0.4) is 0 Å². The van der Waals surface area contributed by atoms with E-state index in [1.54, 1.807) is 30.5 Å². The molecule has 2 rings (SSSR count). The molecule has 4 nitrogen and oxygen atoms in total. The quantitative estimate of drug-likeness (QED) is 0.667. The number of carbonyl (C=O) groups is 1. The molecule has 5 heteroatoms. The maximum Gasteiger partial charge on any atom is 0.248 e. The number of nitrogens with two attached hydrogens (primary N) is 1. The molecule has 0 bridgehead atoms. The van der Waals surface area contributed by atoms with Gasteiger partial charge in [0, 0.05) is 18.0 Å². The number of amides is 1. The Morgan fingerprint density at radius 1 is 1.37 bits per heavy atom. The van der Waals surface area contributed by atoms with Crippen molar-refractivity contribution < 1.29 is 4.79 Å². The number of hydrogen-bond acceptors (Lipinski definition) is 3. The van der Waals surface area contributed by atoms with Crippen LogP contribution >= 0.6 is 11.6 Å². The summed E-state index contributed by atoms with van der Waals surface area (Å²) in [6.45, 7) is 0. The molecule has 96 valence electrons. The van der Waals surface area contributed by atoms with Gasteiger partial charge in [0.2, 0.25) is 5.91 Å². The highest BCUT2D eigenvalue weighted by Crippen LogP contribution is 2.19. The molecule has 3 N–H and O–H groups in total. The molecule has 0 saturated carbocycles. The van der Waals surface area contributed by atoms with Crippen molar-refractivity contribution >= 4 is 35.0 Å². The van der Waals surface area contributed by atoms with Gasteiger partial charge in [-0.25, -0.2) is 0 Å². The summed E-state index contributed by atoms with van der Waals surface area (Å²) in [7, 11) is 0. The van der Waals surface area contributed by atoms with Crippen molar-refractivity contribution in [2.45, 2.75) is 0 Å². The highest BCUT2D eigenvalue weighted by molar-refractivity contribution is 6.33. The first-order chi connectivity index (χ1) is 9.15. The Morgan fingerprint density at radius 3 is 2.95 bits per heavy atom. The van der Waals surface area contributed by atoms with Gasteiger partial charge in [0.15, 0.2) is 0 Å². The highest BCUT2D eigenvalue weighted by atomic mass is 35.5. The number of nitrogens with zero attached hydrogens (tertiary/aromatic N) is 1. The molecule has 1 aromatic heterocycles.